The fourth-order valence-corrected chi connectivity index (χ4v) is 2.77. The monoisotopic (exact) mass is 360 g/mol. The second kappa shape index (κ2) is 7.07. The van der Waals surface area contributed by atoms with E-state index in [1.54, 1.807) is 42.6 Å². The van der Waals surface area contributed by atoms with Gasteiger partial charge in [0.05, 0.1) is 10.7 Å². The van der Waals surface area contributed by atoms with Crippen LogP contribution in [-0.2, 0) is 0 Å². The zero-order valence-corrected chi connectivity index (χ0v) is 14.3. The van der Waals surface area contributed by atoms with Gasteiger partial charge < -0.3 is 4.74 Å². The van der Waals surface area contributed by atoms with Crippen LogP contribution in [0.15, 0.2) is 60.8 Å². The summed E-state index contributed by atoms with van der Waals surface area (Å²) >= 11 is 12.0. The van der Waals surface area contributed by atoms with Crippen molar-refractivity contribution >= 4 is 29.1 Å². The van der Waals surface area contributed by atoms with Gasteiger partial charge in [-0.15, -0.1) is 0 Å². The summed E-state index contributed by atoms with van der Waals surface area (Å²) in [5.74, 6) is 0.279. The normalized spacial score (nSPS) is 12.0. The molecule has 0 unspecified atom stereocenters. The fraction of sp³-hybridized carbons (Fsp3) is 0.111. The first-order valence-electron chi connectivity index (χ1n) is 7.31. The second-order valence-electron chi connectivity index (χ2n) is 5.17. The molecule has 6 heteroatoms. The Bertz CT molecular complexity index is 862. The number of nitrogens with zero attached hydrogens (tertiary/aromatic N) is 2. The predicted octanol–water partition coefficient (Wildman–Crippen LogP) is 5.02. The Morgan fingerprint density at radius 3 is 2.58 bits per heavy atom. The number of ether oxygens (including phenoxy) is 1. The van der Waals surface area contributed by atoms with Crippen LogP contribution >= 0.6 is 23.2 Å². The molecule has 0 N–H and O–H groups in total. The van der Waals surface area contributed by atoms with Crippen LogP contribution in [0.3, 0.4) is 0 Å². The molecule has 24 heavy (non-hydrogen) atoms. The molecule has 0 fully saturated rings. The van der Waals surface area contributed by atoms with E-state index in [9.17, 15) is 4.79 Å². The number of carbonyl (C=O) groups is 1. The van der Waals surface area contributed by atoms with Crippen molar-refractivity contribution in [3.8, 4) is 5.75 Å². The van der Waals surface area contributed by atoms with Crippen molar-refractivity contribution in [1.82, 2.24) is 9.78 Å². The van der Waals surface area contributed by atoms with E-state index >= 15 is 0 Å². The summed E-state index contributed by atoms with van der Waals surface area (Å²) in [7, 11) is 0. The molecular weight excluding hydrogens is 347 g/mol. The zero-order valence-electron chi connectivity index (χ0n) is 12.8. The van der Waals surface area contributed by atoms with Gasteiger partial charge in [0, 0.05) is 16.8 Å². The third kappa shape index (κ3) is 3.45. The molecule has 0 aliphatic carbocycles. The average molecular weight is 361 g/mol. The highest BCUT2D eigenvalue weighted by molar-refractivity contribution is 6.35. The first-order chi connectivity index (χ1) is 11.6. The van der Waals surface area contributed by atoms with Gasteiger partial charge >= 0.3 is 0 Å². The van der Waals surface area contributed by atoms with E-state index in [4.69, 9.17) is 27.9 Å². The average Bonchev–Trinajstić information content (AvgIpc) is 3.07. The van der Waals surface area contributed by atoms with Crippen LogP contribution < -0.4 is 4.74 Å². The minimum atomic E-state index is -0.418. The molecule has 2 aromatic carbocycles. The maximum Gasteiger partial charge on any atom is 0.278 e. The number of hydrogen-bond donors (Lipinski definition) is 0. The summed E-state index contributed by atoms with van der Waals surface area (Å²) < 4.78 is 7.20. The van der Waals surface area contributed by atoms with Crippen LogP contribution in [-0.4, -0.2) is 15.7 Å². The van der Waals surface area contributed by atoms with Crippen molar-refractivity contribution in [2.45, 2.75) is 13.0 Å². The van der Waals surface area contributed by atoms with E-state index in [1.165, 1.54) is 4.68 Å². The van der Waals surface area contributed by atoms with E-state index in [1.807, 2.05) is 25.1 Å². The molecule has 1 heterocycles. The van der Waals surface area contributed by atoms with Gasteiger partial charge in [0.25, 0.3) is 5.91 Å². The second-order valence-corrected chi connectivity index (χ2v) is 6.02. The molecule has 0 amide bonds. The van der Waals surface area contributed by atoms with Gasteiger partial charge in [-0.25, -0.2) is 0 Å². The highest BCUT2D eigenvalue weighted by atomic mass is 35.5. The Morgan fingerprint density at radius 2 is 1.88 bits per heavy atom. The molecule has 1 atom stereocenters. The van der Waals surface area contributed by atoms with Gasteiger partial charge in [0.1, 0.15) is 11.9 Å². The third-order valence-corrected chi connectivity index (χ3v) is 4.03. The highest BCUT2D eigenvalue weighted by Gasteiger charge is 2.19. The minimum Gasteiger partial charge on any atom is -0.483 e. The van der Waals surface area contributed by atoms with E-state index in [2.05, 4.69) is 5.10 Å². The largest absolute Gasteiger partial charge is 0.483 e. The van der Waals surface area contributed by atoms with Crippen LogP contribution in [0, 0.1) is 0 Å². The number of benzene rings is 2. The smallest absolute Gasteiger partial charge is 0.278 e. The number of halogens is 2. The minimum absolute atomic E-state index is 0.215. The third-order valence-electron chi connectivity index (χ3n) is 3.50. The lowest BCUT2D eigenvalue weighted by Gasteiger charge is -2.17. The molecule has 4 nitrogen and oxygen atoms in total. The molecule has 0 radical (unpaired) electrons. The maximum absolute atomic E-state index is 12.6. The molecule has 0 aliphatic rings. The molecule has 122 valence electrons. The van der Waals surface area contributed by atoms with Crippen LogP contribution in [0.2, 0.25) is 10.0 Å². The molecule has 0 aliphatic heterocycles. The molecule has 1 aromatic heterocycles. The molecule has 3 aromatic rings. The van der Waals surface area contributed by atoms with Gasteiger partial charge in [-0.05, 0) is 43.3 Å². The summed E-state index contributed by atoms with van der Waals surface area (Å²) in [6.07, 6.45) is 1.15. The highest BCUT2D eigenvalue weighted by Crippen LogP contribution is 2.31. The molecule has 0 saturated heterocycles. The lowest BCUT2D eigenvalue weighted by Crippen LogP contribution is -2.19. The Hall–Kier alpha value is -2.30. The van der Waals surface area contributed by atoms with Gasteiger partial charge in [-0.1, -0.05) is 41.4 Å². The summed E-state index contributed by atoms with van der Waals surface area (Å²) in [6.45, 7) is 1.83. The van der Waals surface area contributed by atoms with Gasteiger partial charge in [-0.3, -0.25) is 4.79 Å². The van der Waals surface area contributed by atoms with Crippen LogP contribution in [0.4, 0.5) is 0 Å². The van der Waals surface area contributed by atoms with E-state index in [0.29, 0.717) is 27.1 Å². The first-order valence-corrected chi connectivity index (χ1v) is 8.07. The lowest BCUT2D eigenvalue weighted by atomic mass is 10.2. The molecule has 0 bridgehead atoms. The number of carbonyl (C=O) groups excluding carboxylic acids is 1. The Balaban J connectivity index is 1.85. The predicted molar refractivity (Wildman–Crippen MR) is 93.9 cm³/mol. The van der Waals surface area contributed by atoms with E-state index < -0.39 is 6.10 Å². The standard InChI is InChI=1S/C18H14Cl2N2O2/c1-12(24-17-8-7-14(19)11-15(17)20)16-9-10-21-22(16)18(23)13-5-3-2-4-6-13/h2-12H,1H3/t12-/m1/s1. The van der Waals surface area contributed by atoms with Crippen molar-refractivity contribution in [2.75, 3.05) is 0 Å². The van der Waals surface area contributed by atoms with Crippen molar-refractivity contribution in [2.24, 2.45) is 0 Å². The summed E-state index contributed by atoms with van der Waals surface area (Å²) in [6, 6.07) is 15.7. The topological polar surface area (TPSA) is 44.1 Å². The van der Waals surface area contributed by atoms with Gasteiger partial charge in [0.15, 0.2) is 0 Å². The zero-order chi connectivity index (χ0) is 17.1. The van der Waals surface area contributed by atoms with Crippen LogP contribution in [0.5, 0.6) is 5.75 Å². The van der Waals surface area contributed by atoms with Gasteiger partial charge in [-0.2, -0.15) is 9.78 Å². The van der Waals surface area contributed by atoms with Crippen molar-refractivity contribution in [3.63, 3.8) is 0 Å². The van der Waals surface area contributed by atoms with E-state index in [0.717, 1.165) is 0 Å². The summed E-state index contributed by atoms with van der Waals surface area (Å²) in [5, 5.41) is 5.07. The first kappa shape index (κ1) is 16.6. The number of aromatic nitrogens is 2. The number of rotatable bonds is 4. The van der Waals surface area contributed by atoms with Crippen molar-refractivity contribution < 1.29 is 9.53 Å². The Labute approximate surface area is 149 Å². The summed E-state index contributed by atoms with van der Waals surface area (Å²) in [5.41, 5.74) is 1.19. The van der Waals surface area contributed by atoms with Crippen molar-refractivity contribution in [3.05, 3.63) is 82.1 Å². The molecule has 3 rings (SSSR count). The lowest BCUT2D eigenvalue weighted by molar-refractivity contribution is 0.0928. The molecule has 0 spiro atoms. The van der Waals surface area contributed by atoms with E-state index in [-0.39, 0.29) is 5.91 Å². The quantitative estimate of drug-likeness (QED) is 0.656. The molecule has 0 saturated carbocycles. The summed E-state index contributed by atoms with van der Waals surface area (Å²) in [4.78, 5) is 12.6. The van der Waals surface area contributed by atoms with Crippen LogP contribution in [0.25, 0.3) is 0 Å². The SMILES string of the molecule is C[C@@H](Oc1ccc(Cl)cc1Cl)c1ccnn1C(=O)c1ccccc1. The molecular formula is C18H14Cl2N2O2. The Morgan fingerprint density at radius 1 is 1.12 bits per heavy atom. The maximum atomic E-state index is 12.6. The number of hydrogen-bond acceptors (Lipinski definition) is 3. The fourth-order valence-electron chi connectivity index (χ4n) is 2.32. The Kier molecular flexibility index (Phi) is 4.88. The van der Waals surface area contributed by atoms with Crippen LogP contribution in [0.1, 0.15) is 29.1 Å². The van der Waals surface area contributed by atoms with Gasteiger partial charge in [0.2, 0.25) is 0 Å². The van der Waals surface area contributed by atoms with Crippen molar-refractivity contribution in [1.29, 1.82) is 0 Å².